The van der Waals surface area contributed by atoms with Crippen LogP contribution in [0.15, 0.2) is 0 Å². The highest BCUT2D eigenvalue weighted by Gasteiger charge is 2.19. The van der Waals surface area contributed by atoms with E-state index in [1.807, 2.05) is 20.8 Å². The number of hydrogen-bond acceptors (Lipinski definition) is 3. The van der Waals surface area contributed by atoms with Gasteiger partial charge >= 0.3 is 6.09 Å². The van der Waals surface area contributed by atoms with Gasteiger partial charge in [0, 0.05) is 6.54 Å². The summed E-state index contributed by atoms with van der Waals surface area (Å²) in [5, 5.41) is 2.75. The summed E-state index contributed by atoms with van der Waals surface area (Å²) in [6.45, 7) is 11.2. The number of alkyl carbamates (subject to hydrolysis) is 1. The molecule has 0 atom stereocenters. The van der Waals surface area contributed by atoms with Crippen LogP contribution in [0.4, 0.5) is 4.79 Å². The summed E-state index contributed by atoms with van der Waals surface area (Å²) in [5.74, 6) is 0. The molecule has 0 aliphatic carbocycles. The van der Waals surface area contributed by atoms with Crippen molar-refractivity contribution in [3.05, 3.63) is 0 Å². The van der Waals surface area contributed by atoms with Crippen LogP contribution in [0.5, 0.6) is 0 Å². The second kappa shape index (κ2) is 6.09. The number of nitrogens with one attached hydrogen (secondary N) is 1. The van der Waals surface area contributed by atoms with Crippen LogP contribution in [0.2, 0.25) is 0 Å². The van der Waals surface area contributed by atoms with Crippen molar-refractivity contribution in [2.24, 2.45) is 11.1 Å². The molecule has 0 rings (SSSR count). The van der Waals surface area contributed by atoms with Gasteiger partial charge in [0.15, 0.2) is 0 Å². The predicted molar refractivity (Wildman–Crippen MR) is 66.3 cm³/mol. The molecule has 0 fully saturated rings. The molecule has 0 aromatic carbocycles. The van der Waals surface area contributed by atoms with E-state index in [1.165, 1.54) is 0 Å². The van der Waals surface area contributed by atoms with Crippen LogP contribution < -0.4 is 11.1 Å². The molecule has 0 aliphatic rings. The van der Waals surface area contributed by atoms with Crippen LogP contribution in [0.1, 0.15) is 47.5 Å². The Morgan fingerprint density at radius 2 is 1.75 bits per heavy atom. The summed E-state index contributed by atoms with van der Waals surface area (Å²) < 4.78 is 5.14. The molecule has 0 aliphatic heterocycles. The number of amides is 1. The number of hydrogen-bond donors (Lipinski definition) is 2. The first-order valence-electron chi connectivity index (χ1n) is 5.83. The van der Waals surface area contributed by atoms with E-state index in [4.69, 9.17) is 10.5 Å². The third-order valence-electron chi connectivity index (χ3n) is 2.29. The van der Waals surface area contributed by atoms with Crippen molar-refractivity contribution in [3.8, 4) is 0 Å². The monoisotopic (exact) mass is 230 g/mol. The molecule has 4 nitrogen and oxygen atoms in total. The fraction of sp³-hybridized carbons (Fsp3) is 0.917. The normalized spacial score (nSPS) is 12.4. The van der Waals surface area contributed by atoms with E-state index in [0.717, 1.165) is 12.8 Å². The van der Waals surface area contributed by atoms with E-state index in [-0.39, 0.29) is 11.5 Å². The predicted octanol–water partition coefficient (Wildman–Crippen LogP) is 2.28. The third-order valence-corrected chi connectivity index (χ3v) is 2.29. The molecule has 0 radical (unpaired) electrons. The zero-order chi connectivity index (χ0) is 12.8. The summed E-state index contributed by atoms with van der Waals surface area (Å²) in [5.41, 5.74) is 5.25. The van der Waals surface area contributed by atoms with Gasteiger partial charge in [0.2, 0.25) is 0 Å². The van der Waals surface area contributed by atoms with Crippen molar-refractivity contribution in [2.75, 3.05) is 13.1 Å². The van der Waals surface area contributed by atoms with Crippen molar-refractivity contribution in [1.82, 2.24) is 5.32 Å². The van der Waals surface area contributed by atoms with Crippen LogP contribution in [0.3, 0.4) is 0 Å². The van der Waals surface area contributed by atoms with Crippen molar-refractivity contribution in [3.63, 3.8) is 0 Å². The Morgan fingerprint density at radius 3 is 2.19 bits per heavy atom. The van der Waals surface area contributed by atoms with Gasteiger partial charge in [0.1, 0.15) is 5.60 Å². The molecule has 0 saturated heterocycles. The van der Waals surface area contributed by atoms with Gasteiger partial charge in [-0.15, -0.1) is 0 Å². The Bertz CT molecular complexity index is 220. The second-order valence-corrected chi connectivity index (χ2v) is 5.88. The quantitative estimate of drug-likeness (QED) is 0.761. The van der Waals surface area contributed by atoms with E-state index in [1.54, 1.807) is 0 Å². The third kappa shape index (κ3) is 8.53. The Morgan fingerprint density at radius 1 is 1.19 bits per heavy atom. The van der Waals surface area contributed by atoms with E-state index in [9.17, 15) is 4.79 Å². The lowest BCUT2D eigenvalue weighted by molar-refractivity contribution is 0.0521. The van der Waals surface area contributed by atoms with Crippen molar-refractivity contribution < 1.29 is 9.53 Å². The molecule has 0 aromatic heterocycles. The van der Waals surface area contributed by atoms with E-state index in [2.05, 4.69) is 19.2 Å². The number of nitrogens with two attached hydrogens (primary N) is 1. The van der Waals surface area contributed by atoms with E-state index >= 15 is 0 Å². The minimum Gasteiger partial charge on any atom is -0.444 e. The van der Waals surface area contributed by atoms with E-state index in [0.29, 0.717) is 13.1 Å². The highest BCUT2D eigenvalue weighted by atomic mass is 16.6. The number of carbonyl (C=O) groups excluding carboxylic acids is 1. The zero-order valence-electron chi connectivity index (χ0n) is 11.2. The highest BCUT2D eigenvalue weighted by Crippen LogP contribution is 2.23. The summed E-state index contributed by atoms with van der Waals surface area (Å²) in [6, 6.07) is 0. The van der Waals surface area contributed by atoms with Gasteiger partial charge < -0.3 is 15.8 Å². The van der Waals surface area contributed by atoms with E-state index < -0.39 is 5.60 Å². The molecular weight excluding hydrogens is 204 g/mol. The molecule has 0 aromatic rings. The Labute approximate surface area is 98.9 Å². The van der Waals surface area contributed by atoms with Crippen molar-refractivity contribution in [1.29, 1.82) is 0 Å². The lowest BCUT2D eigenvalue weighted by atomic mass is 9.86. The maximum atomic E-state index is 11.3. The van der Waals surface area contributed by atoms with Gasteiger partial charge in [-0.25, -0.2) is 4.79 Å². The van der Waals surface area contributed by atoms with Crippen LogP contribution in [-0.2, 0) is 4.74 Å². The standard InChI is InChI=1S/C12H26N2O2/c1-11(2,3)16-10(15)14-9-7-12(4,5)6-8-13/h6-9,13H2,1-5H3,(H,14,15). The first-order valence-corrected chi connectivity index (χ1v) is 5.83. The fourth-order valence-corrected chi connectivity index (χ4v) is 1.33. The molecule has 4 heteroatoms. The Hall–Kier alpha value is -0.770. The SMILES string of the molecule is CC(C)(CCN)CCNC(=O)OC(C)(C)C. The van der Waals surface area contributed by atoms with Crippen LogP contribution >= 0.6 is 0 Å². The summed E-state index contributed by atoms with van der Waals surface area (Å²) in [4.78, 5) is 11.3. The molecule has 0 spiro atoms. The molecule has 96 valence electrons. The largest absolute Gasteiger partial charge is 0.444 e. The van der Waals surface area contributed by atoms with Crippen molar-refractivity contribution in [2.45, 2.75) is 53.1 Å². The summed E-state index contributed by atoms with van der Waals surface area (Å²) in [6.07, 6.45) is 1.52. The molecule has 0 saturated carbocycles. The first kappa shape index (κ1) is 15.2. The summed E-state index contributed by atoms with van der Waals surface area (Å²) >= 11 is 0. The number of carbonyl (C=O) groups is 1. The minimum absolute atomic E-state index is 0.170. The molecule has 0 unspecified atom stereocenters. The molecule has 0 heterocycles. The average Bonchev–Trinajstić information content (AvgIpc) is 1.99. The van der Waals surface area contributed by atoms with Crippen LogP contribution in [-0.4, -0.2) is 24.8 Å². The Balaban J connectivity index is 3.78. The van der Waals surface area contributed by atoms with Crippen LogP contribution in [0, 0.1) is 5.41 Å². The van der Waals surface area contributed by atoms with Crippen LogP contribution in [0.25, 0.3) is 0 Å². The number of ether oxygens (including phenoxy) is 1. The smallest absolute Gasteiger partial charge is 0.407 e. The molecule has 3 N–H and O–H groups in total. The molecular formula is C12H26N2O2. The topological polar surface area (TPSA) is 64.3 Å². The lowest BCUT2D eigenvalue weighted by Crippen LogP contribution is -2.34. The van der Waals surface area contributed by atoms with Gasteiger partial charge in [-0.2, -0.15) is 0 Å². The molecule has 1 amide bonds. The minimum atomic E-state index is -0.434. The number of rotatable bonds is 5. The second-order valence-electron chi connectivity index (χ2n) is 5.88. The van der Waals surface area contributed by atoms with Gasteiger partial charge in [-0.1, -0.05) is 13.8 Å². The van der Waals surface area contributed by atoms with Gasteiger partial charge in [-0.05, 0) is 45.6 Å². The molecule has 0 bridgehead atoms. The van der Waals surface area contributed by atoms with Crippen molar-refractivity contribution >= 4 is 6.09 Å². The van der Waals surface area contributed by atoms with Gasteiger partial charge in [0.05, 0.1) is 0 Å². The maximum absolute atomic E-state index is 11.3. The average molecular weight is 230 g/mol. The first-order chi connectivity index (χ1) is 7.16. The summed E-state index contributed by atoms with van der Waals surface area (Å²) in [7, 11) is 0. The Kier molecular flexibility index (Phi) is 5.79. The van der Waals surface area contributed by atoms with Gasteiger partial charge in [0.25, 0.3) is 0 Å². The highest BCUT2D eigenvalue weighted by molar-refractivity contribution is 5.67. The maximum Gasteiger partial charge on any atom is 0.407 e. The zero-order valence-corrected chi connectivity index (χ0v) is 11.2. The lowest BCUT2D eigenvalue weighted by Gasteiger charge is -2.24. The fourth-order valence-electron chi connectivity index (χ4n) is 1.33. The van der Waals surface area contributed by atoms with Gasteiger partial charge in [-0.3, -0.25) is 0 Å². The molecule has 16 heavy (non-hydrogen) atoms.